The maximum Gasteiger partial charge on any atom is 0.282 e. The molecular weight excluding hydrogens is 416 g/mol. The number of anilines is 1. The predicted molar refractivity (Wildman–Crippen MR) is 115 cm³/mol. The summed E-state index contributed by atoms with van der Waals surface area (Å²) in [6.45, 7) is 0. The molecule has 0 radical (unpaired) electrons. The van der Waals surface area contributed by atoms with Gasteiger partial charge in [-0.05, 0) is 11.6 Å². The first-order valence-electron chi connectivity index (χ1n) is 9.84. The lowest BCUT2D eigenvalue weighted by Crippen LogP contribution is -2.63. The van der Waals surface area contributed by atoms with Crippen molar-refractivity contribution in [2.24, 2.45) is 0 Å². The third-order valence-corrected chi connectivity index (χ3v) is 5.58. The van der Waals surface area contributed by atoms with Crippen molar-refractivity contribution in [2.75, 3.05) is 19.4 Å². The Kier molecular flexibility index (Phi) is 6.62. The summed E-state index contributed by atoms with van der Waals surface area (Å²) < 4.78 is 0. The zero-order valence-corrected chi connectivity index (χ0v) is 17.6. The summed E-state index contributed by atoms with van der Waals surface area (Å²) in [6.07, 6.45) is 0.172. The Morgan fingerprint density at radius 2 is 1.66 bits per heavy atom. The number of nitro groups is 1. The zero-order chi connectivity index (χ0) is 23.4. The number of Topliss-reactive ketones (excluding diaryl/α,β-unsaturated/α-hetero) is 1. The number of nitrogens with zero attached hydrogens (tertiary/aromatic N) is 3. The van der Waals surface area contributed by atoms with Gasteiger partial charge in [-0.25, -0.2) is 0 Å². The van der Waals surface area contributed by atoms with Crippen molar-refractivity contribution in [3.8, 4) is 0 Å². The van der Waals surface area contributed by atoms with Gasteiger partial charge in [-0.3, -0.25) is 29.3 Å². The van der Waals surface area contributed by atoms with Crippen LogP contribution in [0.4, 0.5) is 11.4 Å². The number of benzene rings is 2. The number of likely N-dealkylation sites (N-methyl/N-ethyl adjacent to an activating group) is 2. The van der Waals surface area contributed by atoms with Gasteiger partial charge in [0, 0.05) is 33.0 Å². The van der Waals surface area contributed by atoms with Crippen LogP contribution in [-0.4, -0.2) is 64.9 Å². The Bertz CT molecular complexity index is 1070. The largest absolute Gasteiger partial charge is 0.332 e. The quantitative estimate of drug-likeness (QED) is 0.289. The monoisotopic (exact) mass is 438 g/mol. The first kappa shape index (κ1) is 22.6. The van der Waals surface area contributed by atoms with Crippen LogP contribution in [0.3, 0.4) is 0 Å². The molecule has 3 amide bonds. The molecule has 0 aliphatic carbocycles. The minimum atomic E-state index is -1.11. The van der Waals surface area contributed by atoms with Crippen LogP contribution in [0, 0.1) is 10.1 Å². The van der Waals surface area contributed by atoms with Crippen molar-refractivity contribution in [3.05, 3.63) is 69.8 Å². The molecule has 1 heterocycles. The third kappa shape index (κ3) is 4.34. The van der Waals surface area contributed by atoms with Crippen molar-refractivity contribution in [1.82, 2.24) is 9.80 Å². The maximum atomic E-state index is 13.1. The molecule has 2 atom stereocenters. The number of amides is 3. The summed E-state index contributed by atoms with van der Waals surface area (Å²) in [6, 6.07) is 11.2. The molecule has 1 aliphatic rings. The highest BCUT2D eigenvalue weighted by Gasteiger charge is 2.44. The third-order valence-electron chi connectivity index (χ3n) is 5.58. The Morgan fingerprint density at radius 3 is 2.28 bits per heavy atom. The summed E-state index contributed by atoms with van der Waals surface area (Å²) >= 11 is 0. The van der Waals surface area contributed by atoms with E-state index in [-0.39, 0.29) is 17.2 Å². The molecule has 2 aromatic carbocycles. The standard InChI is InChI=1S/C22H22N4O6/c1-24-17(11-14-7-4-3-5-8-14)21(29)25(2)18(22(24)30)12-19(28)20-15(23-13-27)9-6-10-16(20)26(31)32/h3-10,13,17-18H,11-12H2,1-2H3,(H,23,27). The smallest absolute Gasteiger partial charge is 0.282 e. The van der Waals surface area contributed by atoms with Crippen LogP contribution in [0.15, 0.2) is 48.5 Å². The van der Waals surface area contributed by atoms with Gasteiger partial charge in [0.15, 0.2) is 5.78 Å². The number of hydrogen-bond donors (Lipinski definition) is 1. The second kappa shape index (κ2) is 9.38. The molecular formula is C22H22N4O6. The van der Waals surface area contributed by atoms with E-state index in [9.17, 15) is 29.3 Å². The zero-order valence-electron chi connectivity index (χ0n) is 17.6. The second-order valence-electron chi connectivity index (χ2n) is 7.47. The van der Waals surface area contributed by atoms with E-state index in [0.29, 0.717) is 12.8 Å². The number of carbonyl (C=O) groups excluding carboxylic acids is 4. The fourth-order valence-electron chi connectivity index (χ4n) is 3.84. The van der Waals surface area contributed by atoms with Crippen molar-refractivity contribution >= 4 is 35.4 Å². The van der Waals surface area contributed by atoms with Crippen molar-refractivity contribution in [1.29, 1.82) is 0 Å². The molecule has 1 N–H and O–H groups in total. The number of nitro benzene ring substituents is 1. The van der Waals surface area contributed by atoms with Crippen LogP contribution < -0.4 is 5.32 Å². The lowest BCUT2D eigenvalue weighted by atomic mass is 9.94. The molecule has 0 aromatic heterocycles. The van der Waals surface area contributed by atoms with Gasteiger partial charge in [0.25, 0.3) is 5.69 Å². The van der Waals surface area contributed by atoms with Crippen LogP contribution in [0.25, 0.3) is 0 Å². The Hall–Kier alpha value is -4.08. The van der Waals surface area contributed by atoms with Gasteiger partial charge in [-0.15, -0.1) is 0 Å². The van der Waals surface area contributed by atoms with Gasteiger partial charge in [0.05, 0.1) is 10.6 Å². The van der Waals surface area contributed by atoms with E-state index in [1.807, 2.05) is 30.3 Å². The fraction of sp³-hybridized carbons (Fsp3) is 0.273. The van der Waals surface area contributed by atoms with Crippen LogP contribution >= 0.6 is 0 Å². The predicted octanol–water partition coefficient (Wildman–Crippen LogP) is 1.65. The normalized spacial score (nSPS) is 18.4. The highest BCUT2D eigenvalue weighted by atomic mass is 16.6. The molecule has 1 aliphatic heterocycles. The van der Waals surface area contributed by atoms with Crippen LogP contribution in [0.2, 0.25) is 0 Å². The van der Waals surface area contributed by atoms with Crippen LogP contribution in [0.5, 0.6) is 0 Å². The fourth-order valence-corrected chi connectivity index (χ4v) is 3.84. The first-order valence-corrected chi connectivity index (χ1v) is 9.84. The molecule has 1 fully saturated rings. The summed E-state index contributed by atoms with van der Waals surface area (Å²) in [5.41, 5.74) is 0.0476. The van der Waals surface area contributed by atoms with Gasteiger partial charge in [-0.2, -0.15) is 0 Å². The van der Waals surface area contributed by atoms with Crippen molar-refractivity contribution in [3.63, 3.8) is 0 Å². The Balaban J connectivity index is 1.87. The van der Waals surface area contributed by atoms with E-state index in [1.165, 1.54) is 36.0 Å². The van der Waals surface area contributed by atoms with Crippen LogP contribution in [0.1, 0.15) is 22.3 Å². The number of hydrogen-bond acceptors (Lipinski definition) is 6. The van der Waals surface area contributed by atoms with Crippen molar-refractivity contribution in [2.45, 2.75) is 24.9 Å². The molecule has 166 valence electrons. The molecule has 2 aromatic rings. The molecule has 0 saturated carbocycles. The van der Waals surface area contributed by atoms with Gasteiger partial charge in [-0.1, -0.05) is 36.4 Å². The molecule has 1 saturated heterocycles. The average Bonchev–Trinajstić information content (AvgIpc) is 2.79. The Labute approximate surface area is 184 Å². The second-order valence-corrected chi connectivity index (χ2v) is 7.47. The van der Waals surface area contributed by atoms with E-state index in [1.54, 1.807) is 0 Å². The number of piperazine rings is 1. The average molecular weight is 438 g/mol. The van der Waals surface area contributed by atoms with Gasteiger partial charge >= 0.3 is 0 Å². The SMILES string of the molecule is CN1C(=O)C(Cc2ccccc2)N(C)C(=O)C1CC(=O)c1c(NC=O)cccc1[N+](=O)[O-]. The summed E-state index contributed by atoms with van der Waals surface area (Å²) in [5.74, 6) is -1.50. The molecule has 2 unspecified atom stereocenters. The van der Waals surface area contributed by atoms with E-state index >= 15 is 0 Å². The van der Waals surface area contributed by atoms with Gasteiger partial charge in [0.1, 0.15) is 17.6 Å². The molecule has 32 heavy (non-hydrogen) atoms. The number of carbonyl (C=O) groups is 4. The minimum absolute atomic E-state index is 0.0354. The number of ketones is 1. The van der Waals surface area contributed by atoms with Gasteiger partial charge < -0.3 is 15.1 Å². The van der Waals surface area contributed by atoms with E-state index in [2.05, 4.69) is 5.32 Å². The molecule has 10 heteroatoms. The lowest BCUT2D eigenvalue weighted by molar-refractivity contribution is -0.385. The molecule has 10 nitrogen and oxygen atoms in total. The maximum absolute atomic E-state index is 13.1. The highest BCUT2D eigenvalue weighted by Crippen LogP contribution is 2.30. The Morgan fingerprint density at radius 1 is 1.03 bits per heavy atom. The summed E-state index contributed by atoms with van der Waals surface area (Å²) in [4.78, 5) is 63.2. The minimum Gasteiger partial charge on any atom is -0.332 e. The van der Waals surface area contributed by atoms with Crippen molar-refractivity contribution < 1.29 is 24.1 Å². The molecule has 0 spiro atoms. The summed E-state index contributed by atoms with van der Waals surface area (Å²) in [5, 5.41) is 13.7. The van der Waals surface area contributed by atoms with Crippen LogP contribution in [-0.2, 0) is 20.8 Å². The number of nitrogens with one attached hydrogen (secondary N) is 1. The van der Waals surface area contributed by atoms with E-state index in [0.717, 1.165) is 11.6 Å². The molecule has 0 bridgehead atoms. The topological polar surface area (TPSA) is 130 Å². The molecule has 3 rings (SSSR count). The highest BCUT2D eigenvalue weighted by molar-refractivity contribution is 6.09. The van der Waals surface area contributed by atoms with E-state index < -0.39 is 40.8 Å². The lowest BCUT2D eigenvalue weighted by Gasteiger charge is -2.41. The van der Waals surface area contributed by atoms with E-state index in [4.69, 9.17) is 0 Å². The van der Waals surface area contributed by atoms with Gasteiger partial charge in [0.2, 0.25) is 18.2 Å². The first-order chi connectivity index (χ1) is 15.3. The number of rotatable bonds is 8. The summed E-state index contributed by atoms with van der Waals surface area (Å²) in [7, 11) is 2.94.